The minimum atomic E-state index is 0.0153. The van der Waals surface area contributed by atoms with Crippen molar-refractivity contribution in [2.24, 2.45) is 0 Å². The molecule has 4 nitrogen and oxygen atoms in total. The van der Waals surface area contributed by atoms with Crippen LogP contribution in [0.4, 0.5) is 0 Å². The number of ketones is 1. The number of carbonyl (C=O) groups excluding carboxylic acids is 1. The van der Waals surface area contributed by atoms with Crippen LogP contribution in [-0.2, 0) is 4.74 Å². The molecule has 0 radical (unpaired) electrons. The SMILES string of the molecule is CCCCC(=O)c1cccc(OCCOCCO)c1. The first-order valence-corrected chi connectivity index (χ1v) is 6.72. The maximum Gasteiger partial charge on any atom is 0.163 e. The summed E-state index contributed by atoms with van der Waals surface area (Å²) in [7, 11) is 0. The molecule has 0 saturated carbocycles. The van der Waals surface area contributed by atoms with E-state index in [4.69, 9.17) is 14.6 Å². The van der Waals surface area contributed by atoms with Crippen molar-refractivity contribution in [2.75, 3.05) is 26.4 Å². The van der Waals surface area contributed by atoms with E-state index in [1.54, 1.807) is 6.07 Å². The van der Waals surface area contributed by atoms with Gasteiger partial charge in [-0.1, -0.05) is 25.5 Å². The summed E-state index contributed by atoms with van der Waals surface area (Å²) in [5, 5.41) is 8.55. The van der Waals surface area contributed by atoms with Crippen molar-refractivity contribution in [3.05, 3.63) is 29.8 Å². The Labute approximate surface area is 114 Å². The minimum absolute atomic E-state index is 0.0153. The third kappa shape index (κ3) is 6.36. The smallest absolute Gasteiger partial charge is 0.163 e. The lowest BCUT2D eigenvalue weighted by molar-refractivity contribution is 0.0705. The van der Waals surface area contributed by atoms with E-state index in [9.17, 15) is 4.79 Å². The van der Waals surface area contributed by atoms with Gasteiger partial charge in [0.15, 0.2) is 5.78 Å². The molecule has 0 aliphatic carbocycles. The molecule has 0 aromatic heterocycles. The lowest BCUT2D eigenvalue weighted by atomic mass is 10.1. The highest BCUT2D eigenvalue weighted by Gasteiger charge is 2.06. The number of ether oxygens (including phenoxy) is 2. The summed E-state index contributed by atoms with van der Waals surface area (Å²) >= 11 is 0. The molecule has 0 fully saturated rings. The molecule has 0 bridgehead atoms. The summed E-state index contributed by atoms with van der Waals surface area (Å²) in [5.41, 5.74) is 0.697. The second kappa shape index (κ2) is 9.53. The molecule has 0 heterocycles. The molecular weight excluding hydrogens is 244 g/mol. The Morgan fingerprint density at radius 2 is 2.11 bits per heavy atom. The summed E-state index contributed by atoms with van der Waals surface area (Å²) in [5.74, 6) is 0.832. The minimum Gasteiger partial charge on any atom is -0.491 e. The van der Waals surface area contributed by atoms with Gasteiger partial charge in [0.05, 0.1) is 19.8 Å². The van der Waals surface area contributed by atoms with Crippen molar-refractivity contribution in [1.29, 1.82) is 0 Å². The fraction of sp³-hybridized carbons (Fsp3) is 0.533. The fourth-order valence-electron chi connectivity index (χ4n) is 1.63. The zero-order chi connectivity index (χ0) is 13.9. The van der Waals surface area contributed by atoms with E-state index in [1.165, 1.54) is 0 Å². The van der Waals surface area contributed by atoms with Crippen molar-refractivity contribution in [3.8, 4) is 5.75 Å². The standard InChI is InChI=1S/C15H22O4/c1-2-3-7-15(17)13-5-4-6-14(12-13)19-11-10-18-9-8-16/h4-6,12,16H,2-3,7-11H2,1H3. The molecule has 106 valence electrons. The van der Waals surface area contributed by atoms with Gasteiger partial charge in [0, 0.05) is 12.0 Å². The predicted octanol–water partition coefficient (Wildman–Crippen LogP) is 2.45. The lowest BCUT2D eigenvalue weighted by Gasteiger charge is -2.08. The predicted molar refractivity (Wildman–Crippen MR) is 73.7 cm³/mol. The fourth-order valence-corrected chi connectivity index (χ4v) is 1.63. The van der Waals surface area contributed by atoms with E-state index < -0.39 is 0 Å². The Bertz CT molecular complexity index is 376. The highest BCUT2D eigenvalue weighted by atomic mass is 16.5. The van der Waals surface area contributed by atoms with Crippen LogP contribution < -0.4 is 4.74 Å². The van der Waals surface area contributed by atoms with Gasteiger partial charge in [0.25, 0.3) is 0 Å². The molecule has 1 aromatic carbocycles. The van der Waals surface area contributed by atoms with Crippen molar-refractivity contribution in [2.45, 2.75) is 26.2 Å². The monoisotopic (exact) mass is 266 g/mol. The molecule has 1 N–H and O–H groups in total. The van der Waals surface area contributed by atoms with Crippen LogP contribution in [0.15, 0.2) is 24.3 Å². The van der Waals surface area contributed by atoms with Gasteiger partial charge in [-0.25, -0.2) is 0 Å². The van der Waals surface area contributed by atoms with Crippen molar-refractivity contribution in [1.82, 2.24) is 0 Å². The molecule has 0 amide bonds. The summed E-state index contributed by atoms with van der Waals surface area (Å²) in [6.45, 7) is 3.24. The van der Waals surface area contributed by atoms with Crippen LogP contribution >= 0.6 is 0 Å². The average molecular weight is 266 g/mol. The first kappa shape index (κ1) is 15.7. The number of rotatable bonds is 10. The maximum atomic E-state index is 11.9. The van der Waals surface area contributed by atoms with E-state index in [2.05, 4.69) is 6.92 Å². The molecule has 0 unspecified atom stereocenters. The Hall–Kier alpha value is -1.39. The molecule has 0 aliphatic heterocycles. The van der Waals surface area contributed by atoms with Gasteiger partial charge in [-0.05, 0) is 18.6 Å². The molecule has 19 heavy (non-hydrogen) atoms. The Kier molecular flexibility index (Phi) is 7.86. The highest BCUT2D eigenvalue weighted by molar-refractivity contribution is 5.96. The Morgan fingerprint density at radius 1 is 1.26 bits per heavy atom. The lowest BCUT2D eigenvalue weighted by Crippen LogP contribution is -2.09. The zero-order valence-corrected chi connectivity index (χ0v) is 11.4. The van der Waals surface area contributed by atoms with Gasteiger partial charge >= 0.3 is 0 Å². The van der Waals surface area contributed by atoms with Crippen LogP contribution in [0, 0.1) is 0 Å². The number of hydrogen-bond acceptors (Lipinski definition) is 4. The Morgan fingerprint density at radius 3 is 2.84 bits per heavy atom. The van der Waals surface area contributed by atoms with Crippen LogP contribution in [0.5, 0.6) is 5.75 Å². The molecule has 1 rings (SSSR count). The largest absolute Gasteiger partial charge is 0.491 e. The summed E-state index contributed by atoms with van der Waals surface area (Å²) in [6, 6.07) is 7.23. The molecular formula is C15H22O4. The molecule has 0 atom stereocenters. The van der Waals surface area contributed by atoms with E-state index in [0.717, 1.165) is 12.8 Å². The number of carbonyl (C=O) groups is 1. The van der Waals surface area contributed by atoms with E-state index in [0.29, 0.717) is 37.6 Å². The van der Waals surface area contributed by atoms with Gasteiger partial charge in [-0.3, -0.25) is 4.79 Å². The van der Waals surface area contributed by atoms with Gasteiger partial charge in [0.2, 0.25) is 0 Å². The topological polar surface area (TPSA) is 55.8 Å². The van der Waals surface area contributed by atoms with Crippen molar-refractivity contribution >= 4 is 5.78 Å². The second-order valence-corrected chi connectivity index (χ2v) is 4.24. The molecule has 1 aromatic rings. The number of aliphatic hydroxyl groups excluding tert-OH is 1. The quantitative estimate of drug-likeness (QED) is 0.522. The third-order valence-electron chi connectivity index (χ3n) is 2.65. The zero-order valence-electron chi connectivity index (χ0n) is 11.4. The van der Waals surface area contributed by atoms with Crippen molar-refractivity contribution < 1.29 is 19.4 Å². The number of benzene rings is 1. The molecule has 0 saturated heterocycles. The van der Waals surface area contributed by atoms with Crippen LogP contribution in [0.3, 0.4) is 0 Å². The van der Waals surface area contributed by atoms with Gasteiger partial charge < -0.3 is 14.6 Å². The van der Waals surface area contributed by atoms with Crippen LogP contribution in [0.2, 0.25) is 0 Å². The van der Waals surface area contributed by atoms with Gasteiger partial charge in [-0.15, -0.1) is 0 Å². The molecule has 0 spiro atoms. The Balaban J connectivity index is 2.41. The van der Waals surface area contributed by atoms with Crippen LogP contribution in [-0.4, -0.2) is 37.3 Å². The van der Waals surface area contributed by atoms with E-state index in [-0.39, 0.29) is 12.4 Å². The van der Waals surface area contributed by atoms with E-state index >= 15 is 0 Å². The van der Waals surface area contributed by atoms with Crippen molar-refractivity contribution in [3.63, 3.8) is 0 Å². The van der Waals surface area contributed by atoms with Gasteiger partial charge in [-0.2, -0.15) is 0 Å². The molecule has 0 aliphatic rings. The average Bonchev–Trinajstić information content (AvgIpc) is 2.45. The normalized spacial score (nSPS) is 10.4. The summed E-state index contributed by atoms with van der Waals surface area (Å²) in [4.78, 5) is 11.9. The number of unbranched alkanes of at least 4 members (excludes halogenated alkanes) is 1. The van der Waals surface area contributed by atoms with Crippen LogP contribution in [0.25, 0.3) is 0 Å². The highest BCUT2D eigenvalue weighted by Crippen LogP contribution is 2.15. The third-order valence-corrected chi connectivity index (χ3v) is 2.65. The first-order valence-electron chi connectivity index (χ1n) is 6.72. The first-order chi connectivity index (χ1) is 9.27. The number of Topliss-reactive ketones (excluding diaryl/α,β-unsaturated/α-hetero) is 1. The summed E-state index contributed by atoms with van der Waals surface area (Å²) < 4.78 is 10.6. The summed E-state index contributed by atoms with van der Waals surface area (Å²) in [6.07, 6.45) is 2.52. The molecule has 4 heteroatoms. The van der Waals surface area contributed by atoms with Gasteiger partial charge in [0.1, 0.15) is 12.4 Å². The second-order valence-electron chi connectivity index (χ2n) is 4.24. The van der Waals surface area contributed by atoms with Crippen LogP contribution in [0.1, 0.15) is 36.5 Å². The van der Waals surface area contributed by atoms with E-state index in [1.807, 2.05) is 18.2 Å². The number of aliphatic hydroxyl groups is 1. The number of hydrogen-bond donors (Lipinski definition) is 1. The maximum absolute atomic E-state index is 11.9.